The van der Waals surface area contributed by atoms with E-state index < -0.39 is 21.8 Å². The third-order valence-electron chi connectivity index (χ3n) is 9.69. The number of carbonyl (C=O) groups is 1. The summed E-state index contributed by atoms with van der Waals surface area (Å²) in [5, 5.41) is 7.36. The quantitative estimate of drug-likeness (QED) is 0.0521. The maximum Gasteiger partial charge on any atom is 0.265 e. The monoisotopic (exact) mass is 775 g/mol. The molecule has 55 heavy (non-hydrogen) atoms. The molecule has 296 valence electrons. The van der Waals surface area contributed by atoms with Gasteiger partial charge < -0.3 is 34.1 Å². The molecule has 0 aliphatic carbocycles. The minimum Gasteiger partial charge on any atom is -0.497 e. The number of benzene rings is 3. The number of hydrogen-bond donors (Lipinski definition) is 3. The molecular weight excluding hydrogens is 723 g/mol. The molecule has 1 atom stereocenters. The summed E-state index contributed by atoms with van der Waals surface area (Å²) in [6, 6.07) is 18.1. The molecule has 0 fully saturated rings. The molecule has 0 aliphatic heterocycles. The Bertz CT molecular complexity index is 2200. The molecule has 5 rings (SSSR count). The zero-order valence-electron chi connectivity index (χ0n) is 32.6. The zero-order chi connectivity index (χ0) is 39.5. The SMILES string of the molecule is CCCCc1nc2c(NCc3ccc(OC)cc3OC)nc3cc(CCCCCNC(=O)[C@@H](C)CS(=O)(=O)O)ccc3c2n1Cc1ccc(OC)cc1OC. The van der Waals surface area contributed by atoms with E-state index in [9.17, 15) is 13.2 Å². The number of aromatic nitrogens is 3. The molecule has 0 saturated carbocycles. The first kappa shape index (κ1) is 41.1. The first-order valence-corrected chi connectivity index (χ1v) is 20.3. The summed E-state index contributed by atoms with van der Waals surface area (Å²) < 4.78 is 56.0. The molecule has 0 aliphatic rings. The van der Waals surface area contributed by atoms with Gasteiger partial charge in [0, 0.05) is 48.2 Å². The molecule has 0 radical (unpaired) electrons. The van der Waals surface area contributed by atoms with Gasteiger partial charge in [-0.2, -0.15) is 8.42 Å². The van der Waals surface area contributed by atoms with E-state index in [2.05, 4.69) is 40.3 Å². The topological polar surface area (TPSA) is 163 Å². The van der Waals surface area contributed by atoms with Gasteiger partial charge in [-0.25, -0.2) is 9.97 Å². The van der Waals surface area contributed by atoms with E-state index >= 15 is 0 Å². The van der Waals surface area contributed by atoms with Crippen LogP contribution in [0.1, 0.15) is 68.5 Å². The Kier molecular flexibility index (Phi) is 14.2. The molecule has 14 heteroatoms. The summed E-state index contributed by atoms with van der Waals surface area (Å²) in [6.07, 6.45) is 6.13. The van der Waals surface area contributed by atoms with Crippen LogP contribution in [0.2, 0.25) is 0 Å². The number of imidazole rings is 1. The van der Waals surface area contributed by atoms with E-state index in [1.54, 1.807) is 28.4 Å². The van der Waals surface area contributed by atoms with E-state index in [0.29, 0.717) is 37.0 Å². The highest BCUT2D eigenvalue weighted by Crippen LogP contribution is 2.35. The Morgan fingerprint density at radius 2 is 1.53 bits per heavy atom. The fraction of sp³-hybridized carbons (Fsp3) is 0.439. The summed E-state index contributed by atoms with van der Waals surface area (Å²) >= 11 is 0. The second kappa shape index (κ2) is 19.0. The average molecular weight is 776 g/mol. The number of unbranched alkanes of at least 4 members (excludes halogenated alkanes) is 3. The van der Waals surface area contributed by atoms with Gasteiger partial charge in [-0.1, -0.05) is 38.8 Å². The molecule has 3 N–H and O–H groups in total. The van der Waals surface area contributed by atoms with Crippen LogP contribution < -0.4 is 29.6 Å². The van der Waals surface area contributed by atoms with E-state index in [1.807, 2.05) is 36.4 Å². The van der Waals surface area contributed by atoms with Crippen LogP contribution in [-0.2, 0) is 40.8 Å². The van der Waals surface area contributed by atoms with Crippen molar-refractivity contribution in [1.82, 2.24) is 19.9 Å². The molecule has 0 bridgehead atoms. The van der Waals surface area contributed by atoms with Gasteiger partial charge in [-0.3, -0.25) is 9.35 Å². The van der Waals surface area contributed by atoms with Gasteiger partial charge in [0.2, 0.25) is 5.91 Å². The number of pyridine rings is 1. The molecular formula is C41H53N5O8S. The molecule has 2 heterocycles. The summed E-state index contributed by atoms with van der Waals surface area (Å²) in [6.45, 7) is 5.09. The van der Waals surface area contributed by atoms with Crippen molar-refractivity contribution in [3.63, 3.8) is 0 Å². The number of aryl methyl sites for hydroxylation is 2. The fourth-order valence-electron chi connectivity index (χ4n) is 6.69. The number of anilines is 1. The number of methoxy groups -OCH3 is 4. The average Bonchev–Trinajstić information content (AvgIpc) is 3.54. The second-order valence-electron chi connectivity index (χ2n) is 13.7. The first-order valence-electron chi connectivity index (χ1n) is 18.7. The van der Waals surface area contributed by atoms with Gasteiger partial charge in [0.25, 0.3) is 10.1 Å². The van der Waals surface area contributed by atoms with Crippen molar-refractivity contribution >= 4 is 43.8 Å². The number of amides is 1. The van der Waals surface area contributed by atoms with Crippen LogP contribution >= 0.6 is 0 Å². The Morgan fingerprint density at radius 3 is 2.18 bits per heavy atom. The molecule has 0 saturated heterocycles. The molecule has 2 aromatic heterocycles. The number of fused-ring (bicyclic) bond motifs is 3. The van der Waals surface area contributed by atoms with Crippen LogP contribution in [0.5, 0.6) is 23.0 Å². The van der Waals surface area contributed by atoms with Crippen LogP contribution in [-0.4, -0.2) is 74.1 Å². The van der Waals surface area contributed by atoms with E-state index in [1.165, 1.54) is 6.92 Å². The smallest absolute Gasteiger partial charge is 0.265 e. The zero-order valence-corrected chi connectivity index (χ0v) is 33.4. The summed E-state index contributed by atoms with van der Waals surface area (Å²) in [5.41, 5.74) is 5.72. The summed E-state index contributed by atoms with van der Waals surface area (Å²) in [4.78, 5) is 22.7. The number of nitrogens with zero attached hydrogens (tertiary/aromatic N) is 3. The molecule has 5 aromatic rings. The molecule has 0 spiro atoms. The Labute approximate surface area is 323 Å². The lowest BCUT2D eigenvalue weighted by Crippen LogP contribution is -2.33. The summed E-state index contributed by atoms with van der Waals surface area (Å²) in [7, 11) is 2.38. The lowest BCUT2D eigenvalue weighted by atomic mass is 10.0. The van der Waals surface area contributed by atoms with Crippen molar-refractivity contribution < 1.29 is 36.7 Å². The van der Waals surface area contributed by atoms with Crippen molar-refractivity contribution in [2.75, 3.05) is 46.1 Å². The van der Waals surface area contributed by atoms with Crippen LogP contribution in [0.15, 0.2) is 54.6 Å². The number of ether oxygens (including phenoxy) is 4. The normalized spacial score (nSPS) is 12.1. The van der Waals surface area contributed by atoms with Crippen LogP contribution in [0, 0.1) is 5.92 Å². The third kappa shape index (κ3) is 10.6. The van der Waals surface area contributed by atoms with Crippen LogP contribution in [0.3, 0.4) is 0 Å². The third-order valence-corrected chi connectivity index (χ3v) is 10.6. The Balaban J connectivity index is 1.47. The fourth-order valence-corrected chi connectivity index (χ4v) is 7.48. The van der Waals surface area contributed by atoms with Gasteiger partial charge in [0.1, 0.15) is 34.3 Å². The van der Waals surface area contributed by atoms with Crippen molar-refractivity contribution in [3.8, 4) is 23.0 Å². The van der Waals surface area contributed by atoms with Crippen molar-refractivity contribution in [3.05, 3.63) is 77.1 Å². The standard InChI is InChI=1S/C41H53N5O8S/c1-7-8-13-37-45-38-39(46(37)25-30-16-18-32(52-4)23-36(30)54-6)33-19-14-28(12-10-9-11-20-42-41(47)27(2)26-55(48,49)50)21-34(33)44-40(38)43-24-29-15-17-31(51-3)22-35(29)53-5/h14-19,21-23,27H,7-13,20,24-26H2,1-6H3,(H,42,47)(H,43,44)(H,48,49,50)/t27-/m0/s1. The van der Waals surface area contributed by atoms with E-state index in [0.717, 1.165) is 101 Å². The van der Waals surface area contributed by atoms with Gasteiger partial charge in [0.05, 0.1) is 57.7 Å². The number of nitrogens with one attached hydrogen (secondary N) is 2. The van der Waals surface area contributed by atoms with Crippen LogP contribution in [0.4, 0.5) is 5.82 Å². The Hall–Kier alpha value is -5.08. The molecule has 0 unspecified atom stereocenters. The van der Waals surface area contributed by atoms with Gasteiger partial charge in [-0.15, -0.1) is 0 Å². The summed E-state index contributed by atoms with van der Waals surface area (Å²) in [5.74, 6) is 2.72. The van der Waals surface area contributed by atoms with E-state index in [4.69, 9.17) is 33.5 Å². The highest BCUT2D eigenvalue weighted by atomic mass is 32.2. The van der Waals surface area contributed by atoms with Crippen LogP contribution in [0.25, 0.3) is 21.9 Å². The molecule has 13 nitrogen and oxygen atoms in total. The highest BCUT2D eigenvalue weighted by molar-refractivity contribution is 7.85. The number of hydrogen-bond acceptors (Lipinski definition) is 10. The Morgan fingerprint density at radius 1 is 0.836 bits per heavy atom. The second-order valence-corrected chi connectivity index (χ2v) is 15.2. The maximum atomic E-state index is 12.2. The van der Waals surface area contributed by atoms with Gasteiger partial charge in [-0.05, 0) is 61.6 Å². The predicted octanol–water partition coefficient (Wildman–Crippen LogP) is 6.97. The lowest BCUT2D eigenvalue weighted by Gasteiger charge is -2.16. The minimum absolute atomic E-state index is 0.387. The minimum atomic E-state index is -4.21. The van der Waals surface area contributed by atoms with Gasteiger partial charge in [0.15, 0.2) is 5.82 Å². The highest BCUT2D eigenvalue weighted by Gasteiger charge is 2.22. The van der Waals surface area contributed by atoms with Crippen molar-refractivity contribution in [2.45, 2.75) is 71.9 Å². The lowest BCUT2D eigenvalue weighted by molar-refractivity contribution is -0.123. The molecule has 1 amide bonds. The van der Waals surface area contributed by atoms with Gasteiger partial charge >= 0.3 is 0 Å². The first-order chi connectivity index (χ1) is 26.5. The van der Waals surface area contributed by atoms with Crippen molar-refractivity contribution in [1.29, 1.82) is 0 Å². The van der Waals surface area contributed by atoms with E-state index in [-0.39, 0.29) is 5.91 Å². The largest absolute Gasteiger partial charge is 0.497 e. The predicted molar refractivity (Wildman–Crippen MR) is 215 cm³/mol. The molecule has 3 aromatic carbocycles. The van der Waals surface area contributed by atoms with Crippen molar-refractivity contribution in [2.24, 2.45) is 5.92 Å². The number of rotatable bonds is 21. The number of carbonyl (C=O) groups excluding carboxylic acids is 1. The maximum absolute atomic E-state index is 12.2.